The van der Waals surface area contributed by atoms with Gasteiger partial charge in [0, 0.05) is 23.5 Å². The van der Waals surface area contributed by atoms with Gasteiger partial charge in [-0.3, -0.25) is 0 Å². The number of nitriles is 1. The number of hydrogen-bond acceptors (Lipinski definition) is 3. The molecule has 0 aliphatic carbocycles. The van der Waals surface area contributed by atoms with Crippen LogP contribution in [0.1, 0.15) is 33.1 Å². The van der Waals surface area contributed by atoms with E-state index >= 15 is 0 Å². The molecular formula is C9H17NOS. The summed E-state index contributed by atoms with van der Waals surface area (Å²) in [4.78, 5) is 0. The summed E-state index contributed by atoms with van der Waals surface area (Å²) in [6, 6.07) is 2.18. The zero-order valence-corrected chi connectivity index (χ0v) is 8.60. The lowest BCUT2D eigenvalue weighted by atomic mass is 10.3. The van der Waals surface area contributed by atoms with Gasteiger partial charge in [-0.1, -0.05) is 13.8 Å². The predicted molar refractivity (Wildman–Crippen MR) is 53.1 cm³/mol. The van der Waals surface area contributed by atoms with E-state index in [4.69, 9.17) is 10.4 Å². The highest BCUT2D eigenvalue weighted by Gasteiger charge is 2.10. The van der Waals surface area contributed by atoms with Crippen molar-refractivity contribution in [3.05, 3.63) is 0 Å². The van der Waals surface area contributed by atoms with Crippen molar-refractivity contribution >= 4 is 11.8 Å². The van der Waals surface area contributed by atoms with Gasteiger partial charge in [0.05, 0.1) is 6.07 Å². The Bertz CT molecular complexity index is 144. The molecule has 0 bridgehead atoms. The van der Waals surface area contributed by atoms with E-state index in [0.717, 1.165) is 12.8 Å². The largest absolute Gasteiger partial charge is 0.396 e. The highest BCUT2D eigenvalue weighted by atomic mass is 32.2. The van der Waals surface area contributed by atoms with Gasteiger partial charge in [-0.25, -0.2) is 0 Å². The summed E-state index contributed by atoms with van der Waals surface area (Å²) >= 11 is 1.81. The second-order valence-corrected chi connectivity index (χ2v) is 4.60. The molecule has 0 aliphatic heterocycles. The first-order chi connectivity index (χ1) is 5.74. The van der Waals surface area contributed by atoms with Crippen molar-refractivity contribution in [1.82, 2.24) is 0 Å². The van der Waals surface area contributed by atoms with Crippen molar-refractivity contribution in [2.45, 2.75) is 43.6 Å². The first-order valence-electron chi connectivity index (χ1n) is 4.37. The lowest BCUT2D eigenvalue weighted by molar-refractivity contribution is 0.289. The number of aliphatic hydroxyl groups is 1. The maximum Gasteiger partial charge on any atom is 0.0633 e. The Balaban J connectivity index is 3.62. The number of thioether (sulfide) groups is 1. The fourth-order valence-electron chi connectivity index (χ4n) is 0.969. The average molecular weight is 187 g/mol. The third-order valence-corrected chi connectivity index (χ3v) is 3.32. The zero-order valence-electron chi connectivity index (χ0n) is 7.79. The lowest BCUT2D eigenvalue weighted by Crippen LogP contribution is -2.08. The van der Waals surface area contributed by atoms with Gasteiger partial charge < -0.3 is 5.11 Å². The van der Waals surface area contributed by atoms with Gasteiger partial charge in [0.2, 0.25) is 0 Å². The van der Waals surface area contributed by atoms with E-state index in [-0.39, 0.29) is 6.61 Å². The lowest BCUT2D eigenvalue weighted by Gasteiger charge is -2.15. The standard InChI is InChI=1S/C9H17NOS/c1-3-9(4-6-10)12-8(2)5-7-11/h8-9,11H,3-5,7H2,1-2H3. The molecule has 0 aromatic carbocycles. The minimum Gasteiger partial charge on any atom is -0.396 e. The fourth-order valence-corrected chi connectivity index (χ4v) is 2.23. The van der Waals surface area contributed by atoms with Gasteiger partial charge in [0.15, 0.2) is 0 Å². The molecule has 0 aromatic heterocycles. The van der Waals surface area contributed by atoms with Crippen LogP contribution >= 0.6 is 11.8 Å². The first kappa shape index (κ1) is 11.8. The normalized spacial score (nSPS) is 15.2. The third-order valence-electron chi connectivity index (χ3n) is 1.73. The van der Waals surface area contributed by atoms with Crippen LogP contribution in [0.5, 0.6) is 0 Å². The van der Waals surface area contributed by atoms with Crippen molar-refractivity contribution in [1.29, 1.82) is 5.26 Å². The smallest absolute Gasteiger partial charge is 0.0633 e. The maximum atomic E-state index is 8.67. The number of rotatable bonds is 6. The van der Waals surface area contributed by atoms with Crippen molar-refractivity contribution in [3.63, 3.8) is 0 Å². The van der Waals surface area contributed by atoms with Gasteiger partial charge >= 0.3 is 0 Å². The van der Waals surface area contributed by atoms with Crippen molar-refractivity contribution in [2.24, 2.45) is 0 Å². The molecule has 1 N–H and O–H groups in total. The molecule has 0 fully saturated rings. The van der Waals surface area contributed by atoms with Gasteiger partial charge in [-0.15, -0.1) is 0 Å². The van der Waals surface area contributed by atoms with Crippen molar-refractivity contribution < 1.29 is 5.11 Å². The third kappa shape index (κ3) is 5.45. The molecule has 12 heavy (non-hydrogen) atoms. The minimum atomic E-state index is 0.247. The van der Waals surface area contributed by atoms with Crippen LogP contribution in [0, 0.1) is 11.3 Å². The zero-order chi connectivity index (χ0) is 9.40. The van der Waals surface area contributed by atoms with E-state index in [9.17, 15) is 0 Å². The predicted octanol–water partition coefficient (Wildman–Crippen LogP) is 2.18. The van der Waals surface area contributed by atoms with Gasteiger partial charge in [-0.05, 0) is 12.8 Å². The summed E-state index contributed by atoms with van der Waals surface area (Å²) in [5, 5.41) is 18.1. The molecule has 0 aliphatic rings. The monoisotopic (exact) mass is 187 g/mol. The Morgan fingerprint density at radius 2 is 2.25 bits per heavy atom. The average Bonchev–Trinajstić information content (AvgIpc) is 2.04. The Kier molecular flexibility index (Phi) is 7.33. The molecule has 0 saturated heterocycles. The molecule has 2 unspecified atom stereocenters. The van der Waals surface area contributed by atoms with E-state index in [2.05, 4.69) is 19.9 Å². The van der Waals surface area contributed by atoms with Crippen LogP contribution in [0.15, 0.2) is 0 Å². The summed E-state index contributed by atoms with van der Waals surface area (Å²) in [7, 11) is 0. The van der Waals surface area contributed by atoms with E-state index in [1.807, 2.05) is 11.8 Å². The molecule has 0 amide bonds. The van der Waals surface area contributed by atoms with E-state index in [1.54, 1.807) is 0 Å². The van der Waals surface area contributed by atoms with E-state index in [1.165, 1.54) is 0 Å². The first-order valence-corrected chi connectivity index (χ1v) is 5.32. The van der Waals surface area contributed by atoms with Gasteiger partial charge in [0.1, 0.15) is 0 Å². The molecule has 0 aromatic rings. The van der Waals surface area contributed by atoms with Crippen LogP contribution in [-0.2, 0) is 0 Å². The van der Waals surface area contributed by atoms with Crippen molar-refractivity contribution in [2.75, 3.05) is 6.61 Å². The molecule has 0 spiro atoms. The minimum absolute atomic E-state index is 0.247. The van der Waals surface area contributed by atoms with E-state index in [0.29, 0.717) is 16.9 Å². The summed E-state index contributed by atoms with van der Waals surface area (Å²) < 4.78 is 0. The highest BCUT2D eigenvalue weighted by molar-refractivity contribution is 8.00. The van der Waals surface area contributed by atoms with Crippen LogP contribution in [0.3, 0.4) is 0 Å². The molecule has 3 heteroatoms. The quantitative estimate of drug-likeness (QED) is 0.693. The number of hydrogen-bond donors (Lipinski definition) is 1. The van der Waals surface area contributed by atoms with Crippen LogP contribution in [0.25, 0.3) is 0 Å². The fraction of sp³-hybridized carbons (Fsp3) is 0.889. The Morgan fingerprint density at radius 3 is 2.67 bits per heavy atom. The molecule has 2 nitrogen and oxygen atoms in total. The van der Waals surface area contributed by atoms with E-state index < -0.39 is 0 Å². The summed E-state index contributed by atoms with van der Waals surface area (Å²) in [5.74, 6) is 0. The molecule has 0 rings (SSSR count). The van der Waals surface area contributed by atoms with Gasteiger partial charge in [-0.2, -0.15) is 17.0 Å². The molecular weight excluding hydrogens is 170 g/mol. The summed E-state index contributed by atoms with van der Waals surface area (Å²) in [6.07, 6.45) is 2.48. The Hall–Kier alpha value is -0.200. The Labute approximate surface area is 79.0 Å². The summed E-state index contributed by atoms with van der Waals surface area (Å²) in [6.45, 7) is 4.44. The number of nitrogens with zero attached hydrogens (tertiary/aromatic N) is 1. The second-order valence-electron chi connectivity index (χ2n) is 2.85. The second kappa shape index (κ2) is 7.45. The van der Waals surface area contributed by atoms with Crippen LogP contribution in [0.2, 0.25) is 0 Å². The number of aliphatic hydroxyl groups excluding tert-OH is 1. The molecule has 70 valence electrons. The van der Waals surface area contributed by atoms with Gasteiger partial charge in [0.25, 0.3) is 0 Å². The van der Waals surface area contributed by atoms with Crippen LogP contribution in [-0.4, -0.2) is 22.2 Å². The highest BCUT2D eigenvalue weighted by Crippen LogP contribution is 2.24. The SMILES string of the molecule is CCC(CC#N)SC(C)CCO. The molecule has 0 heterocycles. The van der Waals surface area contributed by atoms with Crippen molar-refractivity contribution in [3.8, 4) is 6.07 Å². The molecule has 0 radical (unpaired) electrons. The van der Waals surface area contributed by atoms with Crippen LogP contribution < -0.4 is 0 Å². The maximum absolute atomic E-state index is 8.67. The molecule has 2 atom stereocenters. The topological polar surface area (TPSA) is 44.0 Å². The summed E-state index contributed by atoms with van der Waals surface area (Å²) in [5.41, 5.74) is 0. The molecule has 0 saturated carbocycles. The van der Waals surface area contributed by atoms with Crippen LogP contribution in [0.4, 0.5) is 0 Å². The Morgan fingerprint density at radius 1 is 1.58 bits per heavy atom.